The quantitative estimate of drug-likeness (QED) is 0.407. The molecule has 8 heteroatoms. The number of hydrogen-bond acceptors (Lipinski definition) is 6. The van der Waals surface area contributed by atoms with Gasteiger partial charge in [-0.1, -0.05) is 0 Å². The molecule has 2 rings (SSSR count). The topological polar surface area (TPSA) is 67.4 Å². The van der Waals surface area contributed by atoms with Gasteiger partial charge in [-0.05, 0) is 42.9 Å². The summed E-state index contributed by atoms with van der Waals surface area (Å²) in [4.78, 5) is 2.34. The molecule has 1 aliphatic heterocycles. The van der Waals surface area contributed by atoms with Crippen LogP contribution in [0.1, 0.15) is 12.5 Å². The Hall–Kier alpha value is -1.90. The first-order valence-electron chi connectivity index (χ1n) is 8.40. The molecule has 7 nitrogen and oxygen atoms in total. The van der Waals surface area contributed by atoms with Gasteiger partial charge in [0.05, 0.1) is 33.1 Å². The summed E-state index contributed by atoms with van der Waals surface area (Å²) in [6, 6.07) is 5.64. The summed E-state index contributed by atoms with van der Waals surface area (Å²) in [5.41, 5.74) is 3.71. The lowest BCUT2D eigenvalue weighted by Gasteiger charge is -2.26. The minimum Gasteiger partial charge on any atom is -0.493 e. The van der Waals surface area contributed by atoms with Crippen LogP contribution in [-0.4, -0.2) is 69.3 Å². The minimum atomic E-state index is 0.502. The number of nitrogens with one attached hydrogen (secondary N) is 2. The molecule has 1 heterocycles. The molecule has 0 aliphatic carbocycles. The smallest absolute Gasteiger partial charge is 0.187 e. The zero-order valence-electron chi connectivity index (χ0n) is 14.8. The van der Waals surface area contributed by atoms with E-state index in [0.29, 0.717) is 17.5 Å². The number of hydrazone groups is 1. The van der Waals surface area contributed by atoms with Gasteiger partial charge in [-0.3, -0.25) is 10.3 Å². The van der Waals surface area contributed by atoms with Crippen molar-refractivity contribution in [3.63, 3.8) is 0 Å². The first-order valence-corrected chi connectivity index (χ1v) is 8.81. The van der Waals surface area contributed by atoms with Crippen LogP contribution in [0.3, 0.4) is 0 Å². The lowest BCUT2D eigenvalue weighted by Crippen LogP contribution is -2.42. The number of rotatable bonds is 8. The average molecular weight is 366 g/mol. The standard InChI is InChI=1S/C17H26N4O3S/c1-3-24-15-5-4-14(12-16(15)22-2)13-19-20-17(25)18-6-7-21-8-10-23-11-9-21/h4-5,12-13H,3,6-11H2,1-2H3,(H2,18,20,25)/b19-13-. The SMILES string of the molecule is CCOc1ccc(/C=N\NC(=S)NCCN2CCOCC2)cc1OC. The molecule has 2 N–H and O–H groups in total. The summed E-state index contributed by atoms with van der Waals surface area (Å²) >= 11 is 5.22. The molecule has 0 radical (unpaired) electrons. The highest BCUT2D eigenvalue weighted by Crippen LogP contribution is 2.27. The highest BCUT2D eigenvalue weighted by molar-refractivity contribution is 7.80. The first-order chi connectivity index (χ1) is 12.2. The first kappa shape index (κ1) is 19.4. The second kappa shape index (κ2) is 10.9. The van der Waals surface area contributed by atoms with Crippen LogP contribution in [0.5, 0.6) is 11.5 Å². The van der Waals surface area contributed by atoms with Crippen LogP contribution in [0, 0.1) is 0 Å². The van der Waals surface area contributed by atoms with E-state index >= 15 is 0 Å². The third-order valence-electron chi connectivity index (χ3n) is 3.68. The van der Waals surface area contributed by atoms with Crippen LogP contribution in [0.4, 0.5) is 0 Å². The maximum absolute atomic E-state index is 5.49. The van der Waals surface area contributed by atoms with E-state index in [-0.39, 0.29) is 0 Å². The molecule has 1 saturated heterocycles. The maximum atomic E-state index is 5.49. The summed E-state index contributed by atoms with van der Waals surface area (Å²) in [6.07, 6.45) is 1.69. The molecule has 1 aromatic rings. The van der Waals surface area contributed by atoms with Crippen LogP contribution in [0.2, 0.25) is 0 Å². The van der Waals surface area contributed by atoms with Gasteiger partial charge < -0.3 is 19.5 Å². The van der Waals surface area contributed by atoms with Crippen molar-refractivity contribution < 1.29 is 14.2 Å². The fraction of sp³-hybridized carbons (Fsp3) is 0.529. The number of ether oxygens (including phenoxy) is 3. The van der Waals surface area contributed by atoms with Gasteiger partial charge in [-0.25, -0.2) is 0 Å². The van der Waals surface area contributed by atoms with Gasteiger partial charge in [0.1, 0.15) is 0 Å². The molecular weight excluding hydrogens is 340 g/mol. The van der Waals surface area contributed by atoms with Gasteiger partial charge in [0.25, 0.3) is 0 Å². The molecule has 25 heavy (non-hydrogen) atoms. The van der Waals surface area contributed by atoms with E-state index in [2.05, 4.69) is 20.7 Å². The van der Waals surface area contributed by atoms with Crippen LogP contribution < -0.4 is 20.2 Å². The second-order valence-electron chi connectivity index (χ2n) is 5.42. The molecule has 0 aromatic heterocycles. The Labute approximate surface area is 154 Å². The predicted molar refractivity (Wildman–Crippen MR) is 103 cm³/mol. The number of thiocarbonyl (C=S) groups is 1. The van der Waals surface area contributed by atoms with Gasteiger partial charge >= 0.3 is 0 Å². The maximum Gasteiger partial charge on any atom is 0.187 e. The van der Waals surface area contributed by atoms with Crippen molar-refractivity contribution in [2.75, 3.05) is 53.1 Å². The number of hydrogen-bond donors (Lipinski definition) is 2. The van der Waals surface area contributed by atoms with Gasteiger partial charge in [0.2, 0.25) is 0 Å². The van der Waals surface area contributed by atoms with E-state index in [9.17, 15) is 0 Å². The van der Waals surface area contributed by atoms with Gasteiger partial charge in [0.15, 0.2) is 16.6 Å². The molecule has 0 atom stereocenters. The van der Waals surface area contributed by atoms with E-state index < -0.39 is 0 Å². The van der Waals surface area contributed by atoms with Crippen molar-refractivity contribution in [2.45, 2.75) is 6.92 Å². The van der Waals surface area contributed by atoms with Crippen molar-refractivity contribution in [3.05, 3.63) is 23.8 Å². The lowest BCUT2D eigenvalue weighted by atomic mass is 10.2. The van der Waals surface area contributed by atoms with E-state index in [1.165, 1.54) is 0 Å². The Bertz CT molecular complexity index is 577. The van der Waals surface area contributed by atoms with Crippen LogP contribution in [0.25, 0.3) is 0 Å². The van der Waals surface area contributed by atoms with E-state index in [0.717, 1.165) is 50.7 Å². The van der Waals surface area contributed by atoms with Gasteiger partial charge in [-0.15, -0.1) is 0 Å². The Morgan fingerprint density at radius 2 is 2.16 bits per heavy atom. The Morgan fingerprint density at radius 3 is 2.88 bits per heavy atom. The molecule has 0 amide bonds. The molecule has 0 saturated carbocycles. The van der Waals surface area contributed by atoms with Gasteiger partial charge in [-0.2, -0.15) is 5.10 Å². The van der Waals surface area contributed by atoms with Crippen LogP contribution >= 0.6 is 12.2 Å². The lowest BCUT2D eigenvalue weighted by molar-refractivity contribution is 0.0389. The monoisotopic (exact) mass is 366 g/mol. The number of morpholine rings is 1. The van der Waals surface area contributed by atoms with Crippen molar-refractivity contribution in [1.29, 1.82) is 0 Å². The fourth-order valence-electron chi connectivity index (χ4n) is 2.40. The minimum absolute atomic E-state index is 0.502. The molecule has 138 valence electrons. The predicted octanol–water partition coefficient (Wildman–Crippen LogP) is 1.22. The van der Waals surface area contributed by atoms with E-state index in [4.69, 9.17) is 26.4 Å². The fourth-order valence-corrected chi connectivity index (χ4v) is 2.55. The molecule has 1 fully saturated rings. The normalized spacial score (nSPS) is 15.1. The third-order valence-corrected chi connectivity index (χ3v) is 3.92. The summed E-state index contributed by atoms with van der Waals surface area (Å²) < 4.78 is 16.1. The highest BCUT2D eigenvalue weighted by atomic mass is 32.1. The zero-order chi connectivity index (χ0) is 17.9. The van der Waals surface area contributed by atoms with Crippen LogP contribution in [-0.2, 0) is 4.74 Å². The van der Waals surface area contributed by atoms with E-state index in [1.807, 2.05) is 25.1 Å². The summed E-state index contributed by atoms with van der Waals surface area (Å²) in [5.74, 6) is 1.40. The van der Waals surface area contributed by atoms with Crippen LogP contribution in [0.15, 0.2) is 23.3 Å². The molecule has 1 aliphatic rings. The second-order valence-corrected chi connectivity index (χ2v) is 5.83. The number of methoxy groups -OCH3 is 1. The Balaban J connectivity index is 1.73. The molecule has 1 aromatic carbocycles. The largest absolute Gasteiger partial charge is 0.493 e. The number of benzene rings is 1. The van der Waals surface area contributed by atoms with Crippen molar-refractivity contribution in [3.8, 4) is 11.5 Å². The van der Waals surface area contributed by atoms with Crippen molar-refractivity contribution in [1.82, 2.24) is 15.6 Å². The zero-order valence-corrected chi connectivity index (χ0v) is 15.6. The molecular formula is C17H26N4O3S. The molecule has 0 unspecified atom stereocenters. The summed E-state index contributed by atoms with van der Waals surface area (Å²) in [7, 11) is 1.62. The summed E-state index contributed by atoms with van der Waals surface area (Å²) in [5, 5.41) is 7.80. The number of nitrogens with zero attached hydrogens (tertiary/aromatic N) is 2. The average Bonchev–Trinajstić information content (AvgIpc) is 2.64. The van der Waals surface area contributed by atoms with Gasteiger partial charge in [0, 0.05) is 26.2 Å². The molecule has 0 bridgehead atoms. The Morgan fingerprint density at radius 1 is 1.36 bits per heavy atom. The molecule has 0 spiro atoms. The van der Waals surface area contributed by atoms with Crippen molar-refractivity contribution in [2.24, 2.45) is 5.10 Å². The summed E-state index contributed by atoms with van der Waals surface area (Å²) in [6.45, 7) is 7.79. The van der Waals surface area contributed by atoms with Crippen molar-refractivity contribution >= 4 is 23.5 Å². The Kier molecular flexibility index (Phi) is 8.44. The highest BCUT2D eigenvalue weighted by Gasteiger charge is 2.09. The third kappa shape index (κ3) is 6.85. The van der Waals surface area contributed by atoms with E-state index in [1.54, 1.807) is 13.3 Å².